The van der Waals surface area contributed by atoms with Gasteiger partial charge in [-0.15, -0.1) is 0 Å². The van der Waals surface area contributed by atoms with Crippen LogP contribution in [-0.4, -0.2) is 25.1 Å². The minimum atomic E-state index is -0.564. The van der Waals surface area contributed by atoms with Crippen molar-refractivity contribution in [1.29, 1.82) is 0 Å². The van der Waals surface area contributed by atoms with Crippen molar-refractivity contribution in [3.05, 3.63) is 58.7 Å². The molecule has 1 N–H and O–H groups in total. The molecule has 0 radical (unpaired) electrons. The van der Waals surface area contributed by atoms with Crippen LogP contribution in [0.15, 0.2) is 36.4 Å². The molecule has 0 saturated heterocycles. The van der Waals surface area contributed by atoms with E-state index >= 15 is 0 Å². The van der Waals surface area contributed by atoms with Gasteiger partial charge < -0.3 is 14.8 Å². The predicted octanol–water partition coefficient (Wildman–Crippen LogP) is 3.61. The van der Waals surface area contributed by atoms with E-state index in [1.54, 1.807) is 0 Å². The number of nitrogens with one attached hydrogen (secondary N) is 1. The fourth-order valence-corrected chi connectivity index (χ4v) is 3.35. The maximum atomic E-state index is 12.1. The summed E-state index contributed by atoms with van der Waals surface area (Å²) in [4.78, 5) is 24.0. The molecule has 3 rings (SSSR count). The average Bonchev–Trinajstić information content (AvgIpc) is 3.14. The van der Waals surface area contributed by atoms with Crippen LogP contribution in [0.5, 0.6) is 5.75 Å². The van der Waals surface area contributed by atoms with Crippen molar-refractivity contribution in [1.82, 2.24) is 0 Å². The van der Waals surface area contributed by atoms with Crippen LogP contribution in [0, 0.1) is 6.92 Å². The van der Waals surface area contributed by atoms with E-state index in [-0.39, 0.29) is 19.1 Å². The Balaban J connectivity index is 1.46. The lowest BCUT2D eigenvalue weighted by Crippen LogP contribution is -2.24. The summed E-state index contributed by atoms with van der Waals surface area (Å²) in [6.07, 6.45) is 4.13. The van der Waals surface area contributed by atoms with Crippen molar-refractivity contribution in [3.63, 3.8) is 0 Å². The molecule has 2 aromatic carbocycles. The lowest BCUT2D eigenvalue weighted by atomic mass is 10.1. The second-order valence-electron chi connectivity index (χ2n) is 6.74. The first kappa shape index (κ1) is 19.0. The zero-order chi connectivity index (χ0) is 19.2. The van der Waals surface area contributed by atoms with Crippen molar-refractivity contribution in [2.45, 2.75) is 39.5 Å². The summed E-state index contributed by atoms with van der Waals surface area (Å²) < 4.78 is 10.5. The normalized spacial score (nSPS) is 12.4. The number of benzene rings is 2. The van der Waals surface area contributed by atoms with Gasteiger partial charge in [-0.25, -0.2) is 4.79 Å². The SMILES string of the molecule is CCc1cccc(C)c1NC(=O)COC(=O)COc1ccc2c(c1)CCC2. The number of hydrogen-bond acceptors (Lipinski definition) is 4. The molecular weight excluding hydrogens is 342 g/mol. The maximum absolute atomic E-state index is 12.1. The quantitative estimate of drug-likeness (QED) is 0.760. The highest BCUT2D eigenvalue weighted by atomic mass is 16.6. The van der Waals surface area contributed by atoms with Crippen LogP contribution >= 0.6 is 0 Å². The number of ether oxygens (including phenoxy) is 2. The molecule has 1 aliphatic rings. The third-order valence-corrected chi connectivity index (χ3v) is 4.80. The van der Waals surface area contributed by atoms with Gasteiger partial charge >= 0.3 is 5.97 Å². The minimum Gasteiger partial charge on any atom is -0.482 e. The predicted molar refractivity (Wildman–Crippen MR) is 104 cm³/mol. The number of hydrogen-bond donors (Lipinski definition) is 1. The summed E-state index contributed by atoms with van der Waals surface area (Å²) in [7, 11) is 0. The molecule has 2 aromatic rings. The average molecular weight is 367 g/mol. The van der Waals surface area contributed by atoms with Crippen molar-refractivity contribution in [3.8, 4) is 5.75 Å². The lowest BCUT2D eigenvalue weighted by molar-refractivity contribution is -0.149. The van der Waals surface area contributed by atoms with Crippen LogP contribution in [0.4, 0.5) is 5.69 Å². The first-order valence-electron chi connectivity index (χ1n) is 9.35. The van der Waals surface area contributed by atoms with Gasteiger partial charge in [0.15, 0.2) is 13.2 Å². The Morgan fingerprint density at radius 2 is 1.89 bits per heavy atom. The van der Waals surface area contributed by atoms with E-state index in [1.807, 2.05) is 50.2 Å². The second kappa shape index (κ2) is 8.71. The topological polar surface area (TPSA) is 64.6 Å². The minimum absolute atomic E-state index is 0.212. The number of para-hydroxylation sites is 1. The van der Waals surface area contributed by atoms with E-state index in [2.05, 4.69) is 5.32 Å². The highest BCUT2D eigenvalue weighted by Gasteiger charge is 2.14. The smallest absolute Gasteiger partial charge is 0.344 e. The molecule has 0 spiro atoms. The number of rotatable bonds is 7. The molecule has 0 atom stereocenters. The highest BCUT2D eigenvalue weighted by molar-refractivity contribution is 5.94. The summed E-state index contributed by atoms with van der Waals surface area (Å²) >= 11 is 0. The number of carbonyl (C=O) groups excluding carboxylic acids is 2. The van der Waals surface area contributed by atoms with Gasteiger partial charge in [0, 0.05) is 5.69 Å². The number of anilines is 1. The van der Waals surface area contributed by atoms with Gasteiger partial charge in [0.25, 0.3) is 5.91 Å². The van der Waals surface area contributed by atoms with E-state index in [1.165, 1.54) is 11.1 Å². The molecular formula is C22H25NO4. The highest BCUT2D eigenvalue weighted by Crippen LogP contribution is 2.26. The van der Waals surface area contributed by atoms with Gasteiger partial charge in [0.2, 0.25) is 0 Å². The third kappa shape index (κ3) is 4.88. The fourth-order valence-electron chi connectivity index (χ4n) is 3.35. The Kier molecular flexibility index (Phi) is 6.12. The molecule has 0 saturated carbocycles. The Bertz CT molecular complexity index is 844. The van der Waals surface area contributed by atoms with Gasteiger partial charge in [0.05, 0.1) is 0 Å². The zero-order valence-corrected chi connectivity index (χ0v) is 15.8. The maximum Gasteiger partial charge on any atom is 0.344 e. The van der Waals surface area contributed by atoms with E-state index in [9.17, 15) is 9.59 Å². The standard InChI is InChI=1S/C22H25NO4/c1-3-16-7-4-6-15(2)22(16)23-20(24)13-27-21(25)14-26-19-11-10-17-8-5-9-18(17)12-19/h4,6-7,10-12H,3,5,8-9,13-14H2,1-2H3,(H,23,24). The van der Waals surface area contributed by atoms with E-state index in [0.29, 0.717) is 5.75 Å². The van der Waals surface area contributed by atoms with Crippen LogP contribution < -0.4 is 10.1 Å². The molecule has 27 heavy (non-hydrogen) atoms. The summed E-state index contributed by atoms with van der Waals surface area (Å²) in [5.41, 5.74) is 5.45. The molecule has 5 heteroatoms. The number of amides is 1. The molecule has 1 aliphatic carbocycles. The van der Waals surface area contributed by atoms with Gasteiger partial charge in [-0.05, 0) is 67.0 Å². The van der Waals surface area contributed by atoms with Crippen molar-refractivity contribution in [2.24, 2.45) is 0 Å². The van der Waals surface area contributed by atoms with E-state index in [0.717, 1.165) is 42.5 Å². The molecule has 0 bridgehead atoms. The molecule has 142 valence electrons. The first-order valence-corrected chi connectivity index (χ1v) is 9.35. The Hall–Kier alpha value is -2.82. The largest absolute Gasteiger partial charge is 0.482 e. The molecule has 0 heterocycles. The summed E-state index contributed by atoms with van der Waals surface area (Å²) in [6, 6.07) is 11.8. The molecule has 5 nitrogen and oxygen atoms in total. The fraction of sp³-hybridized carbons (Fsp3) is 0.364. The van der Waals surface area contributed by atoms with Crippen LogP contribution in [0.2, 0.25) is 0 Å². The number of carbonyl (C=O) groups is 2. The second-order valence-corrected chi connectivity index (χ2v) is 6.74. The molecule has 0 unspecified atom stereocenters. The van der Waals surface area contributed by atoms with Crippen molar-refractivity contribution >= 4 is 17.6 Å². The number of esters is 1. The van der Waals surface area contributed by atoms with Crippen LogP contribution in [-0.2, 0) is 33.6 Å². The van der Waals surface area contributed by atoms with Gasteiger partial charge in [0.1, 0.15) is 5.75 Å². The summed E-state index contributed by atoms with van der Waals surface area (Å²) in [6.45, 7) is 3.42. The third-order valence-electron chi connectivity index (χ3n) is 4.80. The zero-order valence-electron chi connectivity index (χ0n) is 15.8. The number of fused-ring (bicyclic) bond motifs is 1. The lowest BCUT2D eigenvalue weighted by Gasteiger charge is -2.13. The van der Waals surface area contributed by atoms with Gasteiger partial charge in [-0.2, -0.15) is 0 Å². The Morgan fingerprint density at radius 1 is 1.07 bits per heavy atom. The van der Waals surface area contributed by atoms with Crippen molar-refractivity contribution in [2.75, 3.05) is 18.5 Å². The van der Waals surface area contributed by atoms with E-state index < -0.39 is 5.97 Å². The molecule has 1 amide bonds. The molecule has 0 fully saturated rings. The van der Waals surface area contributed by atoms with Gasteiger partial charge in [-0.1, -0.05) is 31.2 Å². The van der Waals surface area contributed by atoms with Crippen LogP contribution in [0.25, 0.3) is 0 Å². The Morgan fingerprint density at radius 3 is 2.70 bits per heavy atom. The van der Waals surface area contributed by atoms with Crippen LogP contribution in [0.1, 0.15) is 35.6 Å². The summed E-state index contributed by atoms with van der Waals surface area (Å²) in [5, 5.41) is 2.83. The summed E-state index contributed by atoms with van der Waals surface area (Å²) in [5.74, 6) is -0.263. The van der Waals surface area contributed by atoms with Gasteiger partial charge in [-0.3, -0.25) is 4.79 Å². The van der Waals surface area contributed by atoms with Crippen LogP contribution in [0.3, 0.4) is 0 Å². The monoisotopic (exact) mass is 367 g/mol. The van der Waals surface area contributed by atoms with Crippen molar-refractivity contribution < 1.29 is 19.1 Å². The molecule has 0 aromatic heterocycles. The number of aryl methyl sites for hydroxylation is 4. The molecule has 0 aliphatic heterocycles. The first-order chi connectivity index (χ1) is 13.1. The Labute approximate surface area is 159 Å². The van der Waals surface area contributed by atoms with E-state index in [4.69, 9.17) is 9.47 Å².